The van der Waals surface area contributed by atoms with Gasteiger partial charge in [0.1, 0.15) is 11.4 Å². The van der Waals surface area contributed by atoms with Gasteiger partial charge in [0.2, 0.25) is 5.88 Å². The second kappa shape index (κ2) is 10.8. The molecule has 0 bridgehead atoms. The van der Waals surface area contributed by atoms with E-state index >= 15 is 0 Å². The normalized spacial score (nSPS) is 16.8. The molecule has 2 aromatic carbocycles. The Morgan fingerprint density at radius 2 is 1.87 bits per heavy atom. The highest BCUT2D eigenvalue weighted by atomic mass is 35.5. The molecule has 1 fully saturated rings. The van der Waals surface area contributed by atoms with Gasteiger partial charge in [-0.3, -0.25) is 14.7 Å². The minimum absolute atomic E-state index is 0.0757. The lowest BCUT2D eigenvalue weighted by molar-refractivity contribution is -0.131. The van der Waals surface area contributed by atoms with Crippen molar-refractivity contribution in [3.05, 3.63) is 64.3 Å². The highest BCUT2D eigenvalue weighted by molar-refractivity contribution is 7.92. The minimum Gasteiger partial charge on any atom is -0.337 e. The Morgan fingerprint density at radius 3 is 2.54 bits per heavy atom. The van der Waals surface area contributed by atoms with Crippen LogP contribution in [0.15, 0.2) is 56.9 Å². The van der Waals surface area contributed by atoms with Crippen LogP contribution in [0, 0.1) is 13.8 Å². The maximum atomic E-state index is 13.5. The van der Waals surface area contributed by atoms with Crippen LogP contribution < -0.4 is 4.72 Å². The molecule has 1 aliphatic heterocycles. The van der Waals surface area contributed by atoms with Gasteiger partial charge in [-0.05, 0) is 56.4 Å². The molecule has 1 aliphatic carbocycles. The average Bonchev–Trinajstić information content (AvgIpc) is 3.59. The summed E-state index contributed by atoms with van der Waals surface area (Å²) in [4.78, 5) is 20.4. The minimum atomic E-state index is -3.97. The molecule has 2 aliphatic rings. The van der Waals surface area contributed by atoms with E-state index in [2.05, 4.69) is 16.8 Å². The zero-order chi connectivity index (χ0) is 27.8. The number of sulfonamides is 1. The maximum Gasteiger partial charge on any atom is 0.264 e. The van der Waals surface area contributed by atoms with Crippen LogP contribution >= 0.6 is 11.6 Å². The second-order valence-corrected chi connectivity index (χ2v) is 12.4. The lowest BCUT2D eigenvalue weighted by Gasteiger charge is -2.23. The summed E-state index contributed by atoms with van der Waals surface area (Å²) >= 11 is 6.76. The van der Waals surface area contributed by atoms with Crippen LogP contribution in [-0.4, -0.2) is 35.8 Å². The van der Waals surface area contributed by atoms with E-state index in [9.17, 15) is 13.2 Å². The molecule has 2 heterocycles. The van der Waals surface area contributed by atoms with Crippen LogP contribution in [-0.2, 0) is 21.4 Å². The van der Waals surface area contributed by atoms with Gasteiger partial charge in [0.25, 0.3) is 15.9 Å². The summed E-state index contributed by atoms with van der Waals surface area (Å²) in [5.74, 6) is 1.02. The molecule has 1 aromatic heterocycles. The number of rotatable bonds is 9. The van der Waals surface area contributed by atoms with Crippen molar-refractivity contribution >= 4 is 39.3 Å². The standard InChI is InChI=1S/C29H33ClN4O4S/c1-4-5-12-26-31-29(15-8-9-16-29)28(35)34(26)18-22-14-13-21(17-24(22)30)23-10-6-7-11-25(23)39(36,37)33-27-19(2)20(3)32-38-27/h6-7,10-11,13-14,17,33H,4-5,8-9,12,15-16,18H2,1-3H3. The summed E-state index contributed by atoms with van der Waals surface area (Å²) in [6.07, 6.45) is 6.41. The number of anilines is 1. The van der Waals surface area contributed by atoms with Gasteiger partial charge in [-0.25, -0.2) is 13.1 Å². The highest BCUT2D eigenvalue weighted by Gasteiger charge is 2.49. The smallest absolute Gasteiger partial charge is 0.264 e. The van der Waals surface area contributed by atoms with Crippen molar-refractivity contribution in [2.45, 2.75) is 82.7 Å². The number of amidine groups is 1. The molecule has 1 saturated carbocycles. The molecule has 1 spiro atoms. The molecule has 8 nitrogen and oxygen atoms in total. The molecule has 0 saturated heterocycles. The Morgan fingerprint density at radius 1 is 1.13 bits per heavy atom. The number of amides is 1. The Kier molecular flexibility index (Phi) is 7.57. The molecule has 0 radical (unpaired) electrons. The number of hydrogen-bond donors (Lipinski definition) is 1. The Balaban J connectivity index is 1.42. The zero-order valence-corrected chi connectivity index (χ0v) is 24.0. The predicted molar refractivity (Wildman–Crippen MR) is 152 cm³/mol. The zero-order valence-electron chi connectivity index (χ0n) is 22.5. The van der Waals surface area contributed by atoms with Crippen LogP contribution in [0.5, 0.6) is 0 Å². The number of carbonyl (C=O) groups excluding carboxylic acids is 1. The summed E-state index contributed by atoms with van der Waals surface area (Å²) in [6.45, 7) is 5.96. The Bertz CT molecular complexity index is 1540. The van der Waals surface area contributed by atoms with E-state index in [1.54, 1.807) is 44.2 Å². The number of hydrogen-bond acceptors (Lipinski definition) is 6. The first kappa shape index (κ1) is 27.4. The van der Waals surface area contributed by atoms with Gasteiger partial charge >= 0.3 is 0 Å². The van der Waals surface area contributed by atoms with E-state index in [1.165, 1.54) is 0 Å². The molecule has 1 N–H and O–H groups in total. The molecule has 1 amide bonds. The van der Waals surface area contributed by atoms with Crippen LogP contribution in [0.3, 0.4) is 0 Å². The third kappa shape index (κ3) is 5.22. The van der Waals surface area contributed by atoms with Crippen molar-refractivity contribution in [3.8, 4) is 11.1 Å². The van der Waals surface area contributed by atoms with Crippen molar-refractivity contribution in [3.63, 3.8) is 0 Å². The highest BCUT2D eigenvalue weighted by Crippen LogP contribution is 2.41. The fourth-order valence-corrected chi connectivity index (χ4v) is 6.86. The maximum absolute atomic E-state index is 13.5. The topological polar surface area (TPSA) is 105 Å². The number of nitrogens with zero attached hydrogens (tertiary/aromatic N) is 3. The fourth-order valence-electron chi connectivity index (χ4n) is 5.34. The number of carbonyl (C=O) groups is 1. The van der Waals surface area contributed by atoms with E-state index in [0.29, 0.717) is 34.0 Å². The van der Waals surface area contributed by atoms with E-state index in [1.807, 2.05) is 17.0 Å². The first-order valence-corrected chi connectivity index (χ1v) is 15.3. The lowest BCUT2D eigenvalue weighted by atomic mass is 9.98. The molecule has 5 rings (SSSR count). The number of benzene rings is 2. The second-order valence-electron chi connectivity index (χ2n) is 10.4. The molecule has 0 atom stereocenters. The van der Waals surface area contributed by atoms with Crippen LogP contribution in [0.4, 0.5) is 5.88 Å². The van der Waals surface area contributed by atoms with Crippen molar-refractivity contribution in [2.24, 2.45) is 4.99 Å². The molecule has 206 valence electrons. The van der Waals surface area contributed by atoms with Crippen LogP contribution in [0.1, 0.15) is 68.7 Å². The molecule has 3 aromatic rings. The van der Waals surface area contributed by atoms with Crippen LogP contribution in [0.25, 0.3) is 11.1 Å². The third-order valence-electron chi connectivity index (χ3n) is 7.74. The van der Waals surface area contributed by atoms with E-state index in [4.69, 9.17) is 21.1 Å². The quantitative estimate of drug-likeness (QED) is 0.311. The number of unbranched alkanes of at least 4 members (excludes halogenated alkanes) is 1. The van der Waals surface area contributed by atoms with E-state index in [0.717, 1.165) is 56.3 Å². The monoisotopic (exact) mass is 568 g/mol. The first-order chi connectivity index (χ1) is 18.6. The number of nitrogens with one attached hydrogen (secondary N) is 1. The summed E-state index contributed by atoms with van der Waals surface area (Å²) in [5, 5.41) is 4.29. The van der Waals surface area contributed by atoms with Gasteiger partial charge in [-0.1, -0.05) is 73.3 Å². The van der Waals surface area contributed by atoms with E-state index in [-0.39, 0.29) is 16.7 Å². The Labute approximate surface area is 234 Å². The summed E-state index contributed by atoms with van der Waals surface area (Å²) in [6, 6.07) is 12.2. The molecular formula is C29H33ClN4O4S. The van der Waals surface area contributed by atoms with Gasteiger partial charge in [0.15, 0.2) is 0 Å². The van der Waals surface area contributed by atoms with Crippen LogP contribution in [0.2, 0.25) is 5.02 Å². The SMILES string of the molecule is CCCCC1=NC2(CCCC2)C(=O)N1Cc1ccc(-c2ccccc2S(=O)(=O)Nc2onc(C)c2C)cc1Cl. The van der Waals surface area contributed by atoms with Gasteiger partial charge in [0.05, 0.1) is 17.1 Å². The van der Waals surface area contributed by atoms with Crippen molar-refractivity contribution in [2.75, 3.05) is 4.72 Å². The summed E-state index contributed by atoms with van der Waals surface area (Å²) in [7, 11) is -3.97. The number of halogens is 1. The van der Waals surface area contributed by atoms with Crippen molar-refractivity contribution in [1.82, 2.24) is 10.1 Å². The third-order valence-corrected chi connectivity index (χ3v) is 9.48. The molecule has 10 heteroatoms. The average molecular weight is 569 g/mol. The fraction of sp³-hybridized carbons (Fsp3) is 0.414. The van der Waals surface area contributed by atoms with Gasteiger partial charge in [-0.15, -0.1) is 0 Å². The largest absolute Gasteiger partial charge is 0.337 e. The predicted octanol–water partition coefficient (Wildman–Crippen LogP) is 6.66. The van der Waals surface area contributed by atoms with Crippen molar-refractivity contribution < 1.29 is 17.7 Å². The summed E-state index contributed by atoms with van der Waals surface area (Å²) in [5.41, 5.74) is 2.58. The lowest BCUT2D eigenvalue weighted by Crippen LogP contribution is -2.40. The van der Waals surface area contributed by atoms with E-state index < -0.39 is 15.6 Å². The van der Waals surface area contributed by atoms with Gasteiger partial charge in [0, 0.05) is 22.6 Å². The van der Waals surface area contributed by atoms with Crippen molar-refractivity contribution in [1.29, 1.82) is 0 Å². The molecular weight excluding hydrogens is 536 g/mol. The number of aromatic nitrogens is 1. The van der Waals surface area contributed by atoms with Gasteiger partial charge in [-0.2, -0.15) is 0 Å². The van der Waals surface area contributed by atoms with Gasteiger partial charge < -0.3 is 4.52 Å². The summed E-state index contributed by atoms with van der Waals surface area (Å²) < 4.78 is 34.3. The Hall–Kier alpha value is -3.17. The number of aryl methyl sites for hydroxylation is 1. The number of aliphatic imine (C=N–C) groups is 1. The molecule has 0 unspecified atom stereocenters. The first-order valence-electron chi connectivity index (χ1n) is 13.4. The molecule has 39 heavy (non-hydrogen) atoms.